The van der Waals surface area contributed by atoms with Crippen molar-refractivity contribution in [3.05, 3.63) is 58.8 Å². The summed E-state index contributed by atoms with van der Waals surface area (Å²) in [4.78, 5) is 40.3. The van der Waals surface area contributed by atoms with E-state index in [9.17, 15) is 27.6 Å². The number of hydrogen-bond donors (Lipinski definition) is 2. The number of allylic oxidation sites excluding steroid dienone is 2. The molecule has 0 radical (unpaired) electrons. The summed E-state index contributed by atoms with van der Waals surface area (Å²) in [5, 5.41) is 5.26. The van der Waals surface area contributed by atoms with Gasteiger partial charge in [0.25, 0.3) is 5.91 Å². The third-order valence-corrected chi connectivity index (χ3v) is 7.31. The second kappa shape index (κ2) is 10.9. The summed E-state index contributed by atoms with van der Waals surface area (Å²) in [6.07, 6.45) is 4.72. The fourth-order valence-electron chi connectivity index (χ4n) is 5.10. The van der Waals surface area contributed by atoms with Gasteiger partial charge in [-0.3, -0.25) is 19.3 Å². The lowest BCUT2D eigenvalue weighted by molar-refractivity contribution is -0.137. The third-order valence-electron chi connectivity index (χ3n) is 7.31. The van der Waals surface area contributed by atoms with Gasteiger partial charge in [0, 0.05) is 42.9 Å². The maximum absolute atomic E-state index is 12.8. The van der Waals surface area contributed by atoms with Crippen LogP contribution in [0.15, 0.2) is 47.7 Å². The largest absolute Gasteiger partial charge is 0.416 e. The van der Waals surface area contributed by atoms with Gasteiger partial charge in [0.15, 0.2) is 0 Å². The average Bonchev–Trinajstić information content (AvgIpc) is 2.84. The highest BCUT2D eigenvalue weighted by Gasteiger charge is 2.36. The zero-order chi connectivity index (χ0) is 25.9. The van der Waals surface area contributed by atoms with Crippen molar-refractivity contribution in [2.24, 2.45) is 0 Å². The van der Waals surface area contributed by atoms with Gasteiger partial charge < -0.3 is 15.5 Å². The summed E-state index contributed by atoms with van der Waals surface area (Å²) in [6.45, 7) is 3.81. The predicted molar refractivity (Wildman–Crippen MR) is 128 cm³/mol. The summed E-state index contributed by atoms with van der Waals surface area (Å²) < 4.78 is 38.5. The van der Waals surface area contributed by atoms with Crippen molar-refractivity contribution in [1.82, 2.24) is 20.4 Å². The second-order valence-corrected chi connectivity index (χ2v) is 9.76. The van der Waals surface area contributed by atoms with Crippen LogP contribution in [0.1, 0.15) is 48.5 Å². The van der Waals surface area contributed by atoms with E-state index in [0.29, 0.717) is 18.6 Å². The molecule has 7 nitrogen and oxygen atoms in total. The molecule has 36 heavy (non-hydrogen) atoms. The molecule has 1 aromatic rings. The molecule has 1 saturated heterocycles. The smallest absolute Gasteiger partial charge is 0.370 e. The molecule has 0 atom stereocenters. The van der Waals surface area contributed by atoms with E-state index < -0.39 is 17.6 Å². The van der Waals surface area contributed by atoms with E-state index in [4.69, 9.17) is 0 Å². The normalized spacial score (nSPS) is 23.3. The van der Waals surface area contributed by atoms with Crippen molar-refractivity contribution in [1.29, 1.82) is 0 Å². The topological polar surface area (TPSA) is 81.8 Å². The van der Waals surface area contributed by atoms with Gasteiger partial charge in [-0.05, 0) is 68.7 Å². The van der Waals surface area contributed by atoms with Crippen molar-refractivity contribution in [3.8, 4) is 0 Å². The molecular formula is C26H31F3N4O3. The minimum absolute atomic E-state index is 0.00558. The van der Waals surface area contributed by atoms with Gasteiger partial charge in [-0.25, -0.2) is 0 Å². The first-order valence-electron chi connectivity index (χ1n) is 12.2. The fourth-order valence-corrected chi connectivity index (χ4v) is 5.10. The van der Waals surface area contributed by atoms with Crippen LogP contribution in [0.5, 0.6) is 0 Å². The van der Waals surface area contributed by atoms with Crippen LogP contribution in [0.4, 0.5) is 13.2 Å². The molecule has 2 fully saturated rings. The Kier molecular flexibility index (Phi) is 7.82. The highest BCUT2D eigenvalue weighted by molar-refractivity contribution is 5.96. The Labute approximate surface area is 208 Å². The van der Waals surface area contributed by atoms with Crippen LogP contribution in [-0.4, -0.2) is 72.2 Å². The SMILES string of the molecule is CC1=C(C=O)CN(C2CCC(N3CC(NC(=O)CNC(=O)c4cccc(C(F)(F)F)c4)C3)CC2)C=C1. The molecule has 4 rings (SSSR count). The summed E-state index contributed by atoms with van der Waals surface area (Å²) in [6, 6.07) is 4.99. The number of hydrogen-bond acceptors (Lipinski definition) is 5. The Morgan fingerprint density at radius 3 is 2.47 bits per heavy atom. The van der Waals surface area contributed by atoms with Gasteiger partial charge in [0.05, 0.1) is 18.2 Å². The molecule has 194 valence electrons. The molecule has 2 aliphatic heterocycles. The first kappa shape index (κ1) is 25.9. The number of benzene rings is 1. The lowest BCUT2D eigenvalue weighted by atomic mass is 9.86. The zero-order valence-corrected chi connectivity index (χ0v) is 20.2. The average molecular weight is 505 g/mol. The predicted octanol–water partition coefficient (Wildman–Crippen LogP) is 2.89. The molecule has 10 heteroatoms. The molecule has 2 N–H and O–H groups in total. The van der Waals surface area contributed by atoms with Crippen molar-refractivity contribution in [3.63, 3.8) is 0 Å². The van der Waals surface area contributed by atoms with Crippen LogP contribution in [-0.2, 0) is 15.8 Å². The van der Waals surface area contributed by atoms with Crippen LogP contribution in [0.2, 0.25) is 0 Å². The number of rotatable bonds is 7. The van der Waals surface area contributed by atoms with Crippen molar-refractivity contribution in [2.75, 3.05) is 26.2 Å². The zero-order valence-electron chi connectivity index (χ0n) is 20.2. The van der Waals surface area contributed by atoms with Crippen molar-refractivity contribution >= 4 is 18.1 Å². The lowest BCUT2D eigenvalue weighted by Gasteiger charge is -2.48. The monoisotopic (exact) mass is 504 g/mol. The third kappa shape index (κ3) is 6.16. The Bertz CT molecular complexity index is 1050. The van der Waals surface area contributed by atoms with Crippen LogP contribution in [0.25, 0.3) is 0 Å². The number of amides is 2. The molecule has 3 aliphatic rings. The minimum Gasteiger partial charge on any atom is -0.370 e. The molecule has 2 heterocycles. The van der Waals surface area contributed by atoms with Crippen LogP contribution < -0.4 is 10.6 Å². The van der Waals surface area contributed by atoms with Gasteiger partial charge in [-0.15, -0.1) is 0 Å². The van der Waals surface area contributed by atoms with E-state index in [1.807, 2.05) is 13.0 Å². The number of carbonyl (C=O) groups excluding carboxylic acids is 3. The van der Waals surface area contributed by atoms with E-state index in [0.717, 1.165) is 74.4 Å². The van der Waals surface area contributed by atoms with Gasteiger partial charge in [0.2, 0.25) is 5.91 Å². The van der Waals surface area contributed by atoms with Crippen molar-refractivity contribution < 1.29 is 27.6 Å². The summed E-state index contributed by atoms with van der Waals surface area (Å²) in [5.41, 5.74) is 0.815. The Morgan fingerprint density at radius 2 is 1.81 bits per heavy atom. The minimum atomic E-state index is -4.54. The number of aldehydes is 1. The summed E-state index contributed by atoms with van der Waals surface area (Å²) in [7, 11) is 0. The van der Waals surface area contributed by atoms with Crippen molar-refractivity contribution in [2.45, 2.75) is 56.9 Å². The molecule has 0 unspecified atom stereocenters. The quantitative estimate of drug-likeness (QED) is 0.559. The molecule has 0 aromatic heterocycles. The van der Waals surface area contributed by atoms with Crippen LogP contribution in [0, 0.1) is 0 Å². The van der Waals surface area contributed by atoms with E-state index >= 15 is 0 Å². The summed E-state index contributed by atoms with van der Waals surface area (Å²) >= 11 is 0. The Balaban J connectivity index is 1.15. The molecule has 1 aromatic carbocycles. The first-order valence-corrected chi connectivity index (χ1v) is 12.2. The van der Waals surface area contributed by atoms with E-state index in [1.165, 1.54) is 6.07 Å². The number of carbonyl (C=O) groups is 3. The Morgan fingerprint density at radius 1 is 1.11 bits per heavy atom. The highest BCUT2D eigenvalue weighted by atomic mass is 19.4. The van der Waals surface area contributed by atoms with E-state index in [2.05, 4.69) is 26.6 Å². The van der Waals surface area contributed by atoms with E-state index in [1.54, 1.807) is 0 Å². The highest BCUT2D eigenvalue weighted by Crippen LogP contribution is 2.31. The van der Waals surface area contributed by atoms with Gasteiger partial charge in [-0.2, -0.15) is 13.2 Å². The van der Waals surface area contributed by atoms with E-state index in [-0.39, 0.29) is 24.1 Å². The number of nitrogens with one attached hydrogen (secondary N) is 2. The first-order chi connectivity index (χ1) is 17.1. The van der Waals surface area contributed by atoms with Gasteiger partial charge >= 0.3 is 6.18 Å². The molecule has 1 aliphatic carbocycles. The number of likely N-dealkylation sites (tertiary alicyclic amines) is 1. The van der Waals surface area contributed by atoms with Gasteiger partial charge in [-0.1, -0.05) is 6.07 Å². The van der Waals surface area contributed by atoms with Crippen LogP contribution in [0.3, 0.4) is 0 Å². The molecule has 1 saturated carbocycles. The maximum atomic E-state index is 12.8. The molecule has 2 amide bonds. The molecular weight excluding hydrogens is 473 g/mol. The summed E-state index contributed by atoms with van der Waals surface area (Å²) in [5.74, 6) is -1.09. The standard InChI is InChI=1S/C26H31F3N4O3/c1-17-9-10-32(13-19(17)16-34)22-5-7-23(8-6-22)33-14-21(15-33)31-24(35)12-30-25(36)18-3-2-4-20(11-18)26(27,28)29/h2-4,9-11,16,21-23H,5-8,12-15H2,1H3,(H,30,36)(H,31,35). The fraction of sp³-hybridized carbons (Fsp3) is 0.500. The molecule has 0 bridgehead atoms. The van der Waals surface area contributed by atoms with Gasteiger partial charge in [0.1, 0.15) is 6.29 Å². The number of nitrogens with zero attached hydrogens (tertiary/aromatic N) is 2. The number of alkyl halides is 3. The Hall–Kier alpha value is -3.14. The maximum Gasteiger partial charge on any atom is 0.416 e. The lowest BCUT2D eigenvalue weighted by Crippen LogP contribution is -2.63. The van der Waals surface area contributed by atoms with Crippen LogP contribution >= 0.6 is 0 Å². The second-order valence-electron chi connectivity index (χ2n) is 9.76. The number of halogens is 3. The molecule has 0 spiro atoms.